The second-order valence-corrected chi connectivity index (χ2v) is 3.72. The quantitative estimate of drug-likeness (QED) is 0.802. The molecule has 88 valence electrons. The molecule has 2 rings (SSSR count). The van der Waals surface area contributed by atoms with Crippen LogP contribution >= 0.6 is 0 Å². The van der Waals surface area contributed by atoms with Crippen LogP contribution < -0.4 is 5.56 Å². The summed E-state index contributed by atoms with van der Waals surface area (Å²) in [7, 11) is 1.78. The number of hydrogen-bond acceptors (Lipinski definition) is 3. The molecule has 0 radical (unpaired) electrons. The standard InChI is InChI=1S/C11H11N3O3/c1-6-8(5-14(2)13-6)9-4-3-7(11(16)17)10(15)12-9/h3-5H,1-2H3,(H,12,15)(H,16,17). The van der Waals surface area contributed by atoms with Crippen LogP contribution in [-0.4, -0.2) is 25.8 Å². The summed E-state index contributed by atoms with van der Waals surface area (Å²) in [6, 6.07) is 2.86. The molecule has 6 nitrogen and oxygen atoms in total. The van der Waals surface area contributed by atoms with E-state index < -0.39 is 11.5 Å². The highest BCUT2D eigenvalue weighted by Crippen LogP contribution is 2.18. The van der Waals surface area contributed by atoms with Gasteiger partial charge in [0.2, 0.25) is 0 Å². The molecule has 6 heteroatoms. The van der Waals surface area contributed by atoms with Gasteiger partial charge in [-0.3, -0.25) is 9.48 Å². The molecule has 0 amide bonds. The van der Waals surface area contributed by atoms with Crippen molar-refractivity contribution in [1.29, 1.82) is 0 Å². The molecular formula is C11H11N3O3. The molecule has 0 aliphatic carbocycles. The number of rotatable bonds is 2. The van der Waals surface area contributed by atoms with Gasteiger partial charge in [-0.2, -0.15) is 5.10 Å². The zero-order chi connectivity index (χ0) is 12.6. The number of carboxylic acid groups (broad SMARTS) is 1. The van der Waals surface area contributed by atoms with Crippen LogP contribution in [0.25, 0.3) is 11.3 Å². The number of nitrogens with zero attached hydrogens (tertiary/aromatic N) is 2. The smallest absolute Gasteiger partial charge is 0.341 e. The second-order valence-electron chi connectivity index (χ2n) is 3.72. The lowest BCUT2D eigenvalue weighted by atomic mass is 10.1. The van der Waals surface area contributed by atoms with Crippen LogP contribution in [0.1, 0.15) is 16.1 Å². The Kier molecular flexibility index (Phi) is 2.55. The minimum absolute atomic E-state index is 0.268. The van der Waals surface area contributed by atoms with Gasteiger partial charge in [0.25, 0.3) is 5.56 Å². The first-order valence-electron chi connectivity index (χ1n) is 4.96. The van der Waals surface area contributed by atoms with Crippen LogP contribution in [0.15, 0.2) is 23.1 Å². The minimum Gasteiger partial charge on any atom is -0.477 e. The first-order valence-corrected chi connectivity index (χ1v) is 4.96. The van der Waals surface area contributed by atoms with Crippen molar-refractivity contribution in [3.63, 3.8) is 0 Å². The van der Waals surface area contributed by atoms with E-state index in [1.807, 2.05) is 6.92 Å². The SMILES string of the molecule is Cc1nn(C)cc1-c1ccc(C(=O)O)c(=O)[nH]1. The van der Waals surface area contributed by atoms with E-state index in [1.54, 1.807) is 24.0 Å². The van der Waals surface area contributed by atoms with Gasteiger partial charge in [0, 0.05) is 18.8 Å². The maximum atomic E-state index is 11.5. The van der Waals surface area contributed by atoms with Gasteiger partial charge < -0.3 is 10.1 Å². The molecule has 0 saturated carbocycles. The van der Waals surface area contributed by atoms with Gasteiger partial charge in [-0.15, -0.1) is 0 Å². The molecule has 2 aromatic rings. The summed E-state index contributed by atoms with van der Waals surface area (Å²) in [6.45, 7) is 1.82. The van der Waals surface area contributed by atoms with Crippen molar-refractivity contribution < 1.29 is 9.90 Å². The number of carbonyl (C=O) groups is 1. The second kappa shape index (κ2) is 3.89. The maximum Gasteiger partial charge on any atom is 0.341 e. The zero-order valence-electron chi connectivity index (χ0n) is 9.39. The minimum atomic E-state index is -1.24. The molecular weight excluding hydrogens is 222 g/mol. The van der Waals surface area contributed by atoms with E-state index in [2.05, 4.69) is 10.1 Å². The summed E-state index contributed by atoms with van der Waals surface area (Å²) in [5.74, 6) is -1.24. The Morgan fingerprint density at radius 1 is 1.47 bits per heavy atom. The Labute approximate surface area is 96.5 Å². The lowest BCUT2D eigenvalue weighted by Gasteiger charge is -1.99. The van der Waals surface area contributed by atoms with E-state index in [-0.39, 0.29) is 5.56 Å². The Morgan fingerprint density at radius 2 is 2.18 bits per heavy atom. The van der Waals surface area contributed by atoms with Gasteiger partial charge in [-0.1, -0.05) is 0 Å². The molecule has 2 heterocycles. The van der Waals surface area contributed by atoms with E-state index >= 15 is 0 Å². The Morgan fingerprint density at radius 3 is 2.65 bits per heavy atom. The van der Waals surface area contributed by atoms with Gasteiger partial charge in [-0.25, -0.2) is 4.79 Å². The number of nitrogens with one attached hydrogen (secondary N) is 1. The van der Waals surface area contributed by atoms with Crippen molar-refractivity contribution in [2.45, 2.75) is 6.92 Å². The number of aromatic carboxylic acids is 1. The monoisotopic (exact) mass is 233 g/mol. The average molecular weight is 233 g/mol. The fourth-order valence-corrected chi connectivity index (χ4v) is 1.66. The topological polar surface area (TPSA) is 88.0 Å². The average Bonchev–Trinajstić information content (AvgIpc) is 2.57. The number of carboxylic acids is 1. The van der Waals surface area contributed by atoms with Crippen LogP contribution in [0.2, 0.25) is 0 Å². The molecule has 2 N–H and O–H groups in total. The molecule has 0 aromatic carbocycles. The van der Waals surface area contributed by atoms with Gasteiger partial charge in [-0.05, 0) is 19.1 Å². The van der Waals surface area contributed by atoms with E-state index in [0.717, 1.165) is 11.3 Å². The molecule has 17 heavy (non-hydrogen) atoms. The Hall–Kier alpha value is -2.37. The summed E-state index contributed by atoms with van der Waals surface area (Å²) in [4.78, 5) is 24.8. The number of aromatic nitrogens is 3. The molecule has 0 saturated heterocycles. The molecule has 0 atom stereocenters. The van der Waals surface area contributed by atoms with Gasteiger partial charge in [0.1, 0.15) is 5.56 Å². The third kappa shape index (κ3) is 1.96. The van der Waals surface area contributed by atoms with Crippen molar-refractivity contribution in [2.24, 2.45) is 7.05 Å². The van der Waals surface area contributed by atoms with E-state index in [4.69, 9.17) is 5.11 Å². The number of pyridine rings is 1. The highest BCUT2D eigenvalue weighted by molar-refractivity contribution is 5.87. The van der Waals surface area contributed by atoms with Crippen LogP contribution in [-0.2, 0) is 7.05 Å². The third-order valence-corrected chi connectivity index (χ3v) is 2.44. The zero-order valence-corrected chi connectivity index (χ0v) is 9.39. The highest BCUT2D eigenvalue weighted by Gasteiger charge is 2.11. The largest absolute Gasteiger partial charge is 0.477 e. The van der Waals surface area contributed by atoms with Crippen molar-refractivity contribution in [1.82, 2.24) is 14.8 Å². The van der Waals surface area contributed by atoms with E-state index in [9.17, 15) is 9.59 Å². The maximum absolute atomic E-state index is 11.5. The summed E-state index contributed by atoms with van der Waals surface area (Å²) < 4.78 is 1.63. The van der Waals surface area contributed by atoms with Gasteiger partial charge >= 0.3 is 5.97 Å². The van der Waals surface area contributed by atoms with E-state index in [0.29, 0.717) is 5.69 Å². The Balaban J connectivity index is 2.56. The van der Waals surface area contributed by atoms with Crippen LogP contribution in [0, 0.1) is 6.92 Å². The first kappa shape index (κ1) is 11.1. The molecule has 2 aromatic heterocycles. The molecule has 0 aliphatic heterocycles. The normalized spacial score (nSPS) is 10.5. The van der Waals surface area contributed by atoms with Crippen molar-refractivity contribution in [3.8, 4) is 11.3 Å². The summed E-state index contributed by atoms with van der Waals surface area (Å²) in [5, 5.41) is 12.9. The summed E-state index contributed by atoms with van der Waals surface area (Å²) in [6.07, 6.45) is 1.76. The molecule has 0 fully saturated rings. The molecule has 0 bridgehead atoms. The predicted molar refractivity (Wildman–Crippen MR) is 61.0 cm³/mol. The number of H-pyrrole nitrogens is 1. The van der Waals surface area contributed by atoms with Gasteiger partial charge in [0.15, 0.2) is 0 Å². The van der Waals surface area contributed by atoms with Crippen LogP contribution in [0.4, 0.5) is 0 Å². The van der Waals surface area contributed by atoms with E-state index in [1.165, 1.54) is 6.07 Å². The lowest BCUT2D eigenvalue weighted by molar-refractivity contribution is 0.0695. The van der Waals surface area contributed by atoms with Crippen LogP contribution in [0.3, 0.4) is 0 Å². The summed E-state index contributed by atoms with van der Waals surface area (Å²) >= 11 is 0. The number of hydrogen-bond donors (Lipinski definition) is 2. The summed E-state index contributed by atoms with van der Waals surface area (Å²) in [5.41, 5.74) is 1.23. The van der Waals surface area contributed by atoms with Gasteiger partial charge in [0.05, 0.1) is 11.4 Å². The van der Waals surface area contributed by atoms with Crippen molar-refractivity contribution in [3.05, 3.63) is 39.9 Å². The number of aryl methyl sites for hydroxylation is 2. The fourth-order valence-electron chi connectivity index (χ4n) is 1.66. The Bertz CT molecular complexity index is 640. The fraction of sp³-hybridized carbons (Fsp3) is 0.182. The third-order valence-electron chi connectivity index (χ3n) is 2.44. The first-order chi connectivity index (χ1) is 7.99. The molecule has 0 aliphatic rings. The van der Waals surface area contributed by atoms with Crippen molar-refractivity contribution in [2.75, 3.05) is 0 Å². The number of aromatic amines is 1. The molecule has 0 spiro atoms. The van der Waals surface area contributed by atoms with Crippen molar-refractivity contribution >= 4 is 5.97 Å². The molecule has 0 unspecified atom stereocenters. The predicted octanol–water partition coefficient (Wildman–Crippen LogP) is 0.782. The highest BCUT2D eigenvalue weighted by atomic mass is 16.4. The lowest BCUT2D eigenvalue weighted by Crippen LogP contribution is -2.17. The van der Waals surface area contributed by atoms with Crippen LogP contribution in [0.5, 0.6) is 0 Å².